The number of rotatable bonds is 6. The molecular weight excluding hydrogens is 1600 g/mol. The van der Waals surface area contributed by atoms with E-state index in [1.54, 1.807) is 0 Å². The van der Waals surface area contributed by atoms with Crippen LogP contribution in [0.5, 0.6) is 0 Å². The highest BCUT2D eigenvalue weighted by atomic mass is 14.8. The number of aromatic amines is 4. The number of hydrogen-bond donors (Lipinski definition) is 4. The predicted octanol–water partition coefficient (Wildman–Crippen LogP) is 35.2. The molecule has 0 saturated heterocycles. The van der Waals surface area contributed by atoms with Crippen LogP contribution in [-0.4, -0.2) is 39.9 Å². The van der Waals surface area contributed by atoms with E-state index in [2.05, 4.69) is 451 Å². The van der Waals surface area contributed by atoms with Crippen molar-refractivity contribution in [3.63, 3.8) is 0 Å². The van der Waals surface area contributed by atoms with Crippen LogP contribution in [0.2, 0.25) is 0 Å². The van der Waals surface area contributed by atoms with Gasteiger partial charge in [0.05, 0.1) is 55.9 Å². The number of aromatic nitrogens is 8. The quantitative estimate of drug-likeness (QED) is 0.133. The zero-order valence-electron chi connectivity index (χ0n) is 86.1. The van der Waals surface area contributed by atoms with Gasteiger partial charge in [-0.15, -0.1) is 0 Å². The van der Waals surface area contributed by atoms with Crippen LogP contribution in [0.4, 0.5) is 0 Å². The Morgan fingerprint density at radius 1 is 0.174 bits per heavy atom. The Hall–Kier alpha value is -11.5. The SMILES string of the molecule is CC(C)(C)c1cc(-c2c3nc(c(-c4cc(C(C)(C)C)cc(C(C)(C)C)c4)c4cc5c6cc7nc6c6c8[nH]c(cc8c8cc(nc8c6c5[nH]4)c(-c4cc(C(C)(C)C)cc(C(C)(C)C)c4)c4ccc2[nH]4)c(-c2cc(C(C)(C)C)cc(C(C)(C)C)c2)c2nc(c(-c4cc(C(C)(C)C)cc(C(C)(C)C)c4)c4ccc([nH]4)c7-c4cc(C(C)(C)C)cc(C(C)(C)C)c4)C=C2)C=C3)cc(C(C)(C)C)c1. The molecule has 8 aromatic heterocycles. The van der Waals surface area contributed by atoms with E-state index in [-0.39, 0.29) is 65.0 Å². The molecule has 0 fully saturated rings. The predicted molar refractivity (Wildman–Crippen MR) is 574 cm³/mol. The summed E-state index contributed by atoms with van der Waals surface area (Å²) in [6, 6.07) is 63.2. The van der Waals surface area contributed by atoms with Crippen molar-refractivity contribution in [3.05, 3.63) is 247 Å². The molecule has 0 saturated carbocycles. The van der Waals surface area contributed by atoms with Gasteiger partial charge in [0.25, 0.3) is 0 Å². The third-order valence-corrected chi connectivity index (χ3v) is 28.5. The highest BCUT2D eigenvalue weighted by molar-refractivity contribution is 6.40. The summed E-state index contributed by atoms with van der Waals surface area (Å²) in [5.41, 5.74) is 39.8. The van der Waals surface area contributed by atoms with Crippen LogP contribution >= 0.6 is 0 Å². The molecule has 8 nitrogen and oxygen atoms in total. The molecule has 2 aliphatic heterocycles. The van der Waals surface area contributed by atoms with Crippen LogP contribution in [0, 0.1) is 0 Å². The Balaban J connectivity index is 1.16. The normalized spacial score (nSPS) is 14.0. The summed E-state index contributed by atoms with van der Waals surface area (Å²) in [5, 5.41) is 6.07. The lowest BCUT2D eigenvalue weighted by Crippen LogP contribution is -2.16. The van der Waals surface area contributed by atoms with E-state index in [4.69, 9.17) is 19.9 Å². The van der Waals surface area contributed by atoms with E-state index >= 15 is 0 Å². The first-order valence-corrected chi connectivity index (χ1v) is 48.4. The van der Waals surface area contributed by atoms with Crippen LogP contribution in [-0.2, 0) is 65.0 Å². The Labute approximate surface area is 785 Å². The van der Waals surface area contributed by atoms with Crippen LogP contribution in [0.3, 0.4) is 0 Å². The van der Waals surface area contributed by atoms with Crippen molar-refractivity contribution in [1.82, 2.24) is 39.9 Å². The summed E-state index contributed by atoms with van der Waals surface area (Å²) in [6.07, 6.45) is 9.19. The number of H-pyrrole nitrogens is 4. The molecule has 0 radical (unpaired) electrons. The molecule has 0 unspecified atom stereocenters. The van der Waals surface area contributed by atoms with Crippen LogP contribution < -0.4 is 0 Å². The molecule has 0 spiro atoms. The fourth-order valence-electron chi connectivity index (χ4n) is 19.7. The molecule has 0 aliphatic carbocycles. The number of benzene rings is 8. The lowest BCUT2D eigenvalue weighted by Gasteiger charge is -2.26. The summed E-state index contributed by atoms with van der Waals surface area (Å²) >= 11 is 0. The van der Waals surface area contributed by atoms with Crippen molar-refractivity contribution in [1.29, 1.82) is 0 Å². The van der Waals surface area contributed by atoms with Gasteiger partial charge >= 0.3 is 0 Å². The van der Waals surface area contributed by atoms with Crippen LogP contribution in [0.15, 0.2) is 158 Å². The molecule has 16 aromatic rings. The van der Waals surface area contributed by atoms with Crippen molar-refractivity contribution < 1.29 is 0 Å². The van der Waals surface area contributed by atoms with Crippen LogP contribution in [0.25, 0.3) is 190 Å². The van der Waals surface area contributed by atoms with Gasteiger partial charge < -0.3 is 19.9 Å². The van der Waals surface area contributed by atoms with Gasteiger partial charge in [-0.3, -0.25) is 0 Å². The summed E-state index contributed by atoms with van der Waals surface area (Å²) < 4.78 is 0. The van der Waals surface area contributed by atoms with Gasteiger partial charge in [0.2, 0.25) is 0 Å². The Morgan fingerprint density at radius 3 is 0.553 bits per heavy atom. The first-order chi connectivity index (χ1) is 60.9. The molecule has 16 bridgehead atoms. The van der Waals surface area contributed by atoms with Crippen LogP contribution in [0.1, 0.15) is 339 Å². The van der Waals surface area contributed by atoms with E-state index in [1.807, 2.05) is 0 Å². The van der Waals surface area contributed by atoms with E-state index in [1.165, 1.54) is 66.8 Å². The van der Waals surface area contributed by atoms with Crippen molar-refractivity contribution in [2.24, 2.45) is 0 Å². The average molecular weight is 1740 g/mol. The molecule has 18 rings (SSSR count). The van der Waals surface area contributed by atoms with E-state index in [0.717, 1.165) is 188 Å². The first kappa shape index (κ1) is 91.0. The van der Waals surface area contributed by atoms with Crippen molar-refractivity contribution in [3.8, 4) is 66.8 Å². The molecule has 8 aromatic carbocycles. The molecule has 2 aliphatic rings. The fraction of sp³-hybridized carbons (Fsp3) is 0.387. The van der Waals surface area contributed by atoms with Crippen molar-refractivity contribution >= 4 is 123 Å². The number of hydrogen-bond acceptors (Lipinski definition) is 4. The maximum absolute atomic E-state index is 6.47. The smallest absolute Gasteiger partial charge is 0.0818 e. The number of fused-ring (bicyclic) bond motifs is 14. The van der Waals surface area contributed by atoms with Gasteiger partial charge in [-0.25, -0.2) is 19.9 Å². The summed E-state index contributed by atoms with van der Waals surface area (Å²) in [5.74, 6) is 0. The summed E-state index contributed by atoms with van der Waals surface area (Å²) in [4.78, 5) is 42.9. The minimum absolute atomic E-state index is 0.184. The maximum atomic E-state index is 6.47. The second-order valence-electron chi connectivity index (χ2n) is 51.5. The van der Waals surface area contributed by atoms with E-state index in [9.17, 15) is 0 Å². The van der Waals surface area contributed by atoms with Gasteiger partial charge in [-0.05, 0) is 238 Å². The molecular formula is C124H142N8. The van der Waals surface area contributed by atoms with Crippen molar-refractivity contribution in [2.75, 3.05) is 0 Å². The lowest BCUT2D eigenvalue weighted by molar-refractivity contribution is 0.568. The second-order valence-corrected chi connectivity index (χ2v) is 51.5. The monoisotopic (exact) mass is 1740 g/mol. The van der Waals surface area contributed by atoms with Gasteiger partial charge in [-0.1, -0.05) is 358 Å². The van der Waals surface area contributed by atoms with E-state index < -0.39 is 0 Å². The minimum atomic E-state index is -0.220. The largest absolute Gasteiger partial charge is 0.354 e. The minimum Gasteiger partial charge on any atom is -0.354 e. The third kappa shape index (κ3) is 16.3. The molecule has 132 heavy (non-hydrogen) atoms. The molecule has 4 N–H and O–H groups in total. The van der Waals surface area contributed by atoms with Gasteiger partial charge in [-0.2, -0.15) is 0 Å². The molecule has 0 atom stereocenters. The van der Waals surface area contributed by atoms with Gasteiger partial charge in [0, 0.05) is 98.8 Å². The zero-order chi connectivity index (χ0) is 95.4. The Kier molecular flexibility index (Phi) is 20.7. The third-order valence-electron chi connectivity index (χ3n) is 28.5. The lowest BCUT2D eigenvalue weighted by atomic mass is 9.78. The van der Waals surface area contributed by atoms with Gasteiger partial charge in [0.15, 0.2) is 0 Å². The topological polar surface area (TPSA) is 115 Å². The second kappa shape index (κ2) is 30.0. The molecule has 8 heteroatoms. The van der Waals surface area contributed by atoms with E-state index in [0.29, 0.717) is 0 Å². The average Bonchev–Trinajstić information content (AvgIpc) is 1.52. The first-order valence-electron chi connectivity index (χ1n) is 48.4. The standard InChI is InChI=1S/C124H142N8/c1-113(2,3)73-45-67(46-74(57-73)114(4,5)6)101-89-37-41-93(125-89)103(69-49-77(117(13,14)15)59-78(50-69)118(16,17)18)97-63-85-87-65-99-105(71-53-81(121(25,26)27)61-82(54-71)122(28,29)30)95-43-39-91(127-95)102(68-47-75(115(7,8)9)58-76(48-68)116(10,11)12)92-40-44-96(128-92)106(72-55-83(123(31,32)33)62-84(56-72)124(34,35)36)100-66-88-86-64-98(130-110(86)107(109(85)129-97)108(111(87)131-99)112(88)132-100)104(94-42-38-90(101)126-94)70-51-79(119(19,20)21)60-80(52-70)120(22,23)24/h37-66,125,128,130-131H,1-36H3. The highest BCUT2D eigenvalue weighted by Gasteiger charge is 2.35. The Bertz CT molecular complexity index is 7110. The Morgan fingerprint density at radius 2 is 0.356 bits per heavy atom. The van der Waals surface area contributed by atoms with Gasteiger partial charge in [0.1, 0.15) is 0 Å². The summed E-state index contributed by atoms with van der Waals surface area (Å²) in [7, 11) is 0. The molecule has 10 heterocycles. The maximum Gasteiger partial charge on any atom is 0.0818 e. The number of nitrogens with zero attached hydrogens (tertiary/aromatic N) is 4. The fourth-order valence-corrected chi connectivity index (χ4v) is 19.7. The molecule has 0 amide bonds. The summed E-state index contributed by atoms with van der Waals surface area (Å²) in [6.45, 7) is 84.5. The molecule has 678 valence electrons. The highest BCUT2D eigenvalue weighted by Crippen LogP contribution is 2.53. The van der Waals surface area contributed by atoms with Crippen molar-refractivity contribution in [2.45, 2.75) is 314 Å². The zero-order valence-corrected chi connectivity index (χ0v) is 86.1. The number of nitrogens with one attached hydrogen (secondary N) is 4.